The van der Waals surface area contributed by atoms with Gasteiger partial charge in [-0.25, -0.2) is 10.4 Å². The van der Waals surface area contributed by atoms with Crippen molar-refractivity contribution in [1.82, 2.24) is 0 Å². The van der Waals surface area contributed by atoms with Gasteiger partial charge >= 0.3 is 0 Å². The molecule has 0 aliphatic carbocycles. The molecule has 0 aromatic heterocycles. The highest BCUT2D eigenvalue weighted by Gasteiger charge is 1.90. The number of aliphatic imine (C=N–C) groups is 1. The van der Waals surface area contributed by atoms with Crippen molar-refractivity contribution in [3.05, 3.63) is 0 Å². The van der Waals surface area contributed by atoms with Gasteiger partial charge in [-0.2, -0.15) is 0 Å². The Labute approximate surface area is 94.1 Å². The molecule has 0 unspecified atom stereocenters. The monoisotopic (exact) mass is 218 g/mol. The fourth-order valence-corrected chi connectivity index (χ4v) is 1.38. The minimum atomic E-state index is 0. The van der Waals surface area contributed by atoms with Crippen LogP contribution in [0.5, 0.6) is 0 Å². The van der Waals surface area contributed by atoms with Crippen LogP contribution >= 0.6 is 12.4 Å². The van der Waals surface area contributed by atoms with Crippen molar-refractivity contribution in [1.29, 1.82) is 5.41 Å². The zero-order valence-electron chi connectivity index (χ0n) is 9.22. The van der Waals surface area contributed by atoms with Crippen molar-refractivity contribution in [3.63, 3.8) is 0 Å². The molecule has 0 aliphatic heterocycles. The first kappa shape index (κ1) is 16.1. The third-order valence-corrected chi connectivity index (χ3v) is 2.20. The summed E-state index contributed by atoms with van der Waals surface area (Å²) in [6, 6.07) is 2.06. The molecule has 0 saturated carbocycles. The van der Waals surface area contributed by atoms with Crippen LogP contribution < -0.4 is 0 Å². The van der Waals surface area contributed by atoms with Crippen LogP contribution in [0, 0.1) is 5.41 Å². The van der Waals surface area contributed by atoms with E-state index >= 15 is 0 Å². The van der Waals surface area contributed by atoms with E-state index < -0.39 is 0 Å². The number of hydrogen-bond acceptors (Lipinski definition) is 2. The predicted molar refractivity (Wildman–Crippen MR) is 64.9 cm³/mol. The average molecular weight is 219 g/mol. The molecule has 0 heterocycles. The lowest BCUT2D eigenvalue weighted by molar-refractivity contribution is 0.578. The van der Waals surface area contributed by atoms with E-state index in [1.807, 2.05) is 0 Å². The molecule has 14 heavy (non-hydrogen) atoms. The first-order chi connectivity index (χ1) is 6.41. The third-order valence-electron chi connectivity index (χ3n) is 2.20. The maximum Gasteiger partial charge on any atom is 0.0861 e. The Bertz CT molecular complexity index is 142. The Morgan fingerprint density at radius 3 is 1.93 bits per heavy atom. The molecule has 0 radical (unpaired) electrons. The summed E-state index contributed by atoms with van der Waals surface area (Å²) in [5, 5.41) is 6.58. The summed E-state index contributed by atoms with van der Waals surface area (Å²) >= 11 is 0. The summed E-state index contributed by atoms with van der Waals surface area (Å²) in [7, 11) is 0. The standard InChI is InChI=1S/C11H22N2.ClH/c1-2-3-4-5-6-7-8-9-10-13-11-12;/h12H,2-10H2,1H3;1H. The Morgan fingerprint density at radius 2 is 1.43 bits per heavy atom. The topological polar surface area (TPSA) is 36.2 Å². The molecule has 3 heteroatoms. The SMILES string of the molecule is CCCCCCCCCCN=C=N.Cl. The van der Waals surface area contributed by atoms with Crippen LogP contribution in [0.1, 0.15) is 58.3 Å². The normalized spacial score (nSPS) is 8.93. The van der Waals surface area contributed by atoms with Gasteiger partial charge in [0.15, 0.2) is 0 Å². The van der Waals surface area contributed by atoms with Crippen LogP contribution in [0.2, 0.25) is 0 Å². The number of halogens is 1. The largest absolute Gasteiger partial charge is 0.242 e. The van der Waals surface area contributed by atoms with Gasteiger partial charge in [-0.15, -0.1) is 12.4 Å². The van der Waals surface area contributed by atoms with Gasteiger partial charge < -0.3 is 0 Å². The van der Waals surface area contributed by atoms with Gasteiger partial charge in [0, 0.05) is 6.54 Å². The van der Waals surface area contributed by atoms with Crippen molar-refractivity contribution < 1.29 is 0 Å². The lowest BCUT2D eigenvalue weighted by atomic mass is 10.1. The van der Waals surface area contributed by atoms with Crippen LogP contribution in [-0.2, 0) is 0 Å². The minimum Gasteiger partial charge on any atom is -0.242 e. The van der Waals surface area contributed by atoms with E-state index in [1.54, 1.807) is 0 Å². The highest BCUT2D eigenvalue weighted by atomic mass is 35.5. The molecule has 0 atom stereocenters. The summed E-state index contributed by atoms with van der Waals surface area (Å²) in [6.45, 7) is 3.04. The van der Waals surface area contributed by atoms with Crippen LogP contribution in [0.15, 0.2) is 4.99 Å². The van der Waals surface area contributed by atoms with Crippen molar-refractivity contribution in [3.8, 4) is 0 Å². The molecule has 0 rings (SSSR count). The molecule has 0 spiro atoms. The molecule has 0 aromatic rings. The second kappa shape index (κ2) is 15.2. The molecule has 0 bridgehead atoms. The molecule has 0 amide bonds. The first-order valence-corrected chi connectivity index (χ1v) is 5.50. The molecule has 1 N–H and O–H groups in total. The fourth-order valence-electron chi connectivity index (χ4n) is 1.38. The summed E-state index contributed by atoms with van der Waals surface area (Å²) in [5.74, 6) is 0. The van der Waals surface area contributed by atoms with E-state index in [-0.39, 0.29) is 12.4 Å². The summed E-state index contributed by atoms with van der Waals surface area (Å²) < 4.78 is 0. The van der Waals surface area contributed by atoms with E-state index in [9.17, 15) is 0 Å². The molecule has 0 fully saturated rings. The second-order valence-corrected chi connectivity index (χ2v) is 3.47. The highest BCUT2D eigenvalue weighted by Crippen LogP contribution is 2.07. The molecule has 0 aliphatic rings. The van der Waals surface area contributed by atoms with Gasteiger partial charge in [-0.1, -0.05) is 51.9 Å². The van der Waals surface area contributed by atoms with Crippen LogP contribution in [0.25, 0.3) is 0 Å². The summed E-state index contributed by atoms with van der Waals surface area (Å²) in [4.78, 5) is 3.74. The van der Waals surface area contributed by atoms with E-state index in [0.717, 1.165) is 13.0 Å². The van der Waals surface area contributed by atoms with Gasteiger partial charge in [0.25, 0.3) is 0 Å². The molecule has 2 nitrogen and oxygen atoms in total. The molecule has 0 saturated heterocycles. The lowest BCUT2D eigenvalue weighted by Gasteiger charge is -1.98. The Kier molecular flexibility index (Phi) is 17.4. The number of hydrogen-bond donors (Lipinski definition) is 1. The van der Waals surface area contributed by atoms with Crippen molar-refractivity contribution >= 4 is 18.4 Å². The number of nitrogens with zero attached hydrogens (tertiary/aromatic N) is 1. The Morgan fingerprint density at radius 1 is 0.929 bits per heavy atom. The fraction of sp³-hybridized carbons (Fsp3) is 0.909. The lowest BCUT2D eigenvalue weighted by Crippen LogP contribution is -1.83. The van der Waals surface area contributed by atoms with Crippen LogP contribution in [-0.4, -0.2) is 12.6 Å². The van der Waals surface area contributed by atoms with Crippen molar-refractivity contribution in [2.24, 2.45) is 4.99 Å². The van der Waals surface area contributed by atoms with E-state index in [4.69, 9.17) is 5.41 Å². The zero-order valence-corrected chi connectivity index (χ0v) is 10.0. The maximum absolute atomic E-state index is 6.58. The molecule has 0 aromatic carbocycles. The average Bonchev–Trinajstić information content (AvgIpc) is 2.16. The van der Waals surface area contributed by atoms with E-state index in [2.05, 4.69) is 17.9 Å². The van der Waals surface area contributed by atoms with Gasteiger partial charge in [0.2, 0.25) is 0 Å². The number of unbranched alkanes of at least 4 members (excludes halogenated alkanes) is 7. The molecule has 84 valence electrons. The second-order valence-electron chi connectivity index (χ2n) is 3.47. The van der Waals surface area contributed by atoms with Crippen molar-refractivity contribution in [2.75, 3.05) is 6.54 Å². The summed E-state index contributed by atoms with van der Waals surface area (Å²) in [5.41, 5.74) is 0. The Hall–Kier alpha value is -0.330. The Balaban J connectivity index is 0. The third kappa shape index (κ3) is 14.2. The smallest absolute Gasteiger partial charge is 0.0861 e. The molecular weight excluding hydrogens is 196 g/mol. The first-order valence-electron chi connectivity index (χ1n) is 5.50. The number of nitrogens with one attached hydrogen (secondary N) is 1. The number of rotatable bonds is 9. The van der Waals surface area contributed by atoms with Gasteiger partial charge in [-0.05, 0) is 6.42 Å². The highest BCUT2D eigenvalue weighted by molar-refractivity contribution is 5.85. The van der Waals surface area contributed by atoms with Gasteiger partial charge in [0.05, 0.1) is 6.01 Å². The summed E-state index contributed by atoms with van der Waals surface area (Å²) in [6.07, 6.45) is 10.6. The zero-order chi connectivity index (χ0) is 9.78. The quantitative estimate of drug-likeness (QED) is 0.443. The van der Waals surface area contributed by atoms with Gasteiger partial charge in [0.1, 0.15) is 0 Å². The van der Waals surface area contributed by atoms with Crippen molar-refractivity contribution in [2.45, 2.75) is 58.3 Å². The molecular formula is C11H23ClN2. The van der Waals surface area contributed by atoms with Crippen LogP contribution in [0.4, 0.5) is 0 Å². The van der Waals surface area contributed by atoms with Gasteiger partial charge in [-0.3, -0.25) is 0 Å². The minimum absolute atomic E-state index is 0. The van der Waals surface area contributed by atoms with E-state index in [0.29, 0.717) is 0 Å². The van der Waals surface area contributed by atoms with Crippen LogP contribution in [0.3, 0.4) is 0 Å². The maximum atomic E-state index is 6.58. The predicted octanol–water partition coefficient (Wildman–Crippen LogP) is 4.30. The van der Waals surface area contributed by atoms with E-state index in [1.165, 1.54) is 44.9 Å².